The Morgan fingerprint density at radius 3 is 2.61 bits per heavy atom. The van der Waals surface area contributed by atoms with Gasteiger partial charge in [-0.1, -0.05) is 0 Å². The molecule has 0 aromatic heterocycles. The van der Waals surface area contributed by atoms with Crippen LogP contribution in [0.5, 0.6) is 0 Å². The molecule has 1 unspecified atom stereocenters. The maximum atomic E-state index is 11.3. The van der Waals surface area contributed by atoms with E-state index in [1.807, 2.05) is 0 Å². The topological polar surface area (TPSA) is 78.9 Å². The summed E-state index contributed by atoms with van der Waals surface area (Å²) in [6, 6.07) is 0. The number of fused-ring (bicyclic) bond motifs is 1. The first-order chi connectivity index (χ1) is 8.47. The minimum atomic E-state index is -0.663. The Bertz CT molecular complexity index is 429. The Balaban J connectivity index is 2.15. The van der Waals surface area contributed by atoms with Gasteiger partial charge in [0, 0.05) is 31.2 Å². The van der Waals surface area contributed by atoms with E-state index in [4.69, 9.17) is 14.2 Å². The molecule has 7 heteroatoms. The van der Waals surface area contributed by atoms with Crippen molar-refractivity contribution in [2.75, 3.05) is 5.75 Å². The highest BCUT2D eigenvalue weighted by Gasteiger charge is 2.45. The molecule has 0 N–H and O–H groups in total. The molecule has 0 spiro atoms. The quantitative estimate of drug-likeness (QED) is 0.532. The van der Waals surface area contributed by atoms with E-state index >= 15 is 0 Å². The molecular formula is C11H12O6S. The van der Waals surface area contributed by atoms with Crippen LogP contribution in [0.15, 0.2) is 11.6 Å². The Kier molecular flexibility index (Phi) is 3.60. The predicted octanol–water partition coefficient (Wildman–Crippen LogP) is 0.406. The number of esters is 3. The summed E-state index contributed by atoms with van der Waals surface area (Å²) in [5.74, 6) is -0.950. The second kappa shape index (κ2) is 5.01. The van der Waals surface area contributed by atoms with Crippen LogP contribution in [0.1, 0.15) is 13.8 Å². The van der Waals surface area contributed by atoms with E-state index in [0.717, 1.165) is 0 Å². The molecule has 18 heavy (non-hydrogen) atoms. The first kappa shape index (κ1) is 12.9. The number of thioether (sulfide) groups is 1. The molecule has 2 aliphatic rings. The van der Waals surface area contributed by atoms with Gasteiger partial charge in [0.05, 0.1) is 0 Å². The summed E-state index contributed by atoms with van der Waals surface area (Å²) in [6.07, 6.45) is 0.134. The fourth-order valence-electron chi connectivity index (χ4n) is 1.86. The molecule has 0 saturated carbocycles. The minimum Gasteiger partial charge on any atom is -0.457 e. The van der Waals surface area contributed by atoms with Gasteiger partial charge in [0.2, 0.25) is 0 Å². The van der Waals surface area contributed by atoms with E-state index in [2.05, 4.69) is 0 Å². The van der Waals surface area contributed by atoms with Crippen molar-refractivity contribution in [2.45, 2.75) is 31.5 Å². The second-order valence-electron chi connectivity index (χ2n) is 3.91. The highest BCUT2D eigenvalue weighted by atomic mass is 32.2. The van der Waals surface area contributed by atoms with Crippen molar-refractivity contribution in [2.24, 2.45) is 0 Å². The molecule has 0 aliphatic carbocycles. The summed E-state index contributed by atoms with van der Waals surface area (Å²) in [6.45, 7) is 2.59. The molecular weight excluding hydrogens is 260 g/mol. The smallest absolute Gasteiger partial charge is 0.331 e. The van der Waals surface area contributed by atoms with Gasteiger partial charge in [-0.25, -0.2) is 4.79 Å². The Morgan fingerprint density at radius 2 is 2.00 bits per heavy atom. The molecule has 0 bridgehead atoms. The largest absolute Gasteiger partial charge is 0.457 e. The Labute approximate surface area is 108 Å². The van der Waals surface area contributed by atoms with Crippen molar-refractivity contribution in [1.29, 1.82) is 0 Å². The van der Waals surface area contributed by atoms with E-state index in [9.17, 15) is 14.4 Å². The Morgan fingerprint density at radius 1 is 1.33 bits per heavy atom. The molecule has 1 fully saturated rings. The number of carbonyl (C=O) groups is 3. The molecule has 0 radical (unpaired) electrons. The summed E-state index contributed by atoms with van der Waals surface area (Å²) in [5, 5.41) is 0. The highest BCUT2D eigenvalue weighted by Crippen LogP contribution is 2.37. The fourth-order valence-corrected chi connectivity index (χ4v) is 3.08. The first-order valence-electron chi connectivity index (χ1n) is 5.35. The highest BCUT2D eigenvalue weighted by molar-refractivity contribution is 7.99. The van der Waals surface area contributed by atoms with Crippen molar-refractivity contribution < 1.29 is 28.6 Å². The molecule has 0 amide bonds. The molecule has 2 heterocycles. The molecule has 0 aromatic carbocycles. The van der Waals surface area contributed by atoms with Crippen LogP contribution in [0.25, 0.3) is 0 Å². The van der Waals surface area contributed by atoms with Crippen molar-refractivity contribution >= 4 is 29.7 Å². The zero-order valence-corrected chi connectivity index (χ0v) is 10.7. The van der Waals surface area contributed by atoms with E-state index < -0.39 is 35.6 Å². The SMILES string of the molecule is CC(=O)OC1SC[C@@H](OC(C)=O)C2=CC(=O)O[C@H]21. The number of carbonyl (C=O) groups excluding carboxylic acids is 3. The van der Waals surface area contributed by atoms with Crippen LogP contribution in [0.4, 0.5) is 0 Å². The van der Waals surface area contributed by atoms with Crippen molar-refractivity contribution in [1.82, 2.24) is 0 Å². The van der Waals surface area contributed by atoms with Crippen molar-refractivity contribution in [3.05, 3.63) is 11.6 Å². The lowest BCUT2D eigenvalue weighted by Gasteiger charge is -2.32. The van der Waals surface area contributed by atoms with E-state index in [0.29, 0.717) is 11.3 Å². The zero-order chi connectivity index (χ0) is 13.3. The van der Waals surface area contributed by atoms with Crippen LogP contribution >= 0.6 is 11.8 Å². The third kappa shape index (κ3) is 2.66. The maximum absolute atomic E-state index is 11.3. The summed E-state index contributed by atoms with van der Waals surface area (Å²) >= 11 is 1.28. The summed E-state index contributed by atoms with van der Waals surface area (Å²) in [5.41, 5.74) is -0.0211. The van der Waals surface area contributed by atoms with E-state index in [1.165, 1.54) is 31.7 Å². The van der Waals surface area contributed by atoms with Gasteiger partial charge in [-0.05, 0) is 0 Å². The molecule has 98 valence electrons. The summed E-state index contributed by atoms with van der Waals surface area (Å²) in [4.78, 5) is 33.2. The fraction of sp³-hybridized carbons (Fsp3) is 0.545. The van der Waals surface area contributed by atoms with Crippen molar-refractivity contribution in [3.8, 4) is 0 Å². The second-order valence-corrected chi connectivity index (χ2v) is 5.04. The number of rotatable bonds is 2. The minimum absolute atomic E-state index is 0.425. The first-order valence-corrected chi connectivity index (χ1v) is 6.40. The van der Waals surface area contributed by atoms with Gasteiger partial charge < -0.3 is 14.2 Å². The lowest BCUT2D eigenvalue weighted by atomic mass is 10.1. The lowest BCUT2D eigenvalue weighted by molar-refractivity contribution is -0.154. The molecule has 3 atom stereocenters. The van der Waals surface area contributed by atoms with Crippen LogP contribution in [-0.2, 0) is 28.6 Å². The molecule has 2 rings (SSSR count). The van der Waals surface area contributed by atoms with Gasteiger partial charge in [0.15, 0.2) is 11.5 Å². The summed E-state index contributed by atoms with van der Waals surface area (Å²) in [7, 11) is 0. The van der Waals surface area contributed by atoms with Gasteiger partial charge in [0.1, 0.15) is 6.10 Å². The van der Waals surface area contributed by atoms with E-state index in [-0.39, 0.29) is 0 Å². The van der Waals surface area contributed by atoms with Crippen LogP contribution in [0, 0.1) is 0 Å². The molecule has 6 nitrogen and oxygen atoms in total. The molecule has 1 saturated heterocycles. The van der Waals surface area contributed by atoms with E-state index in [1.54, 1.807) is 0 Å². The lowest BCUT2D eigenvalue weighted by Crippen LogP contribution is -2.41. The average molecular weight is 272 g/mol. The van der Waals surface area contributed by atoms with Gasteiger partial charge in [-0.15, -0.1) is 11.8 Å². The van der Waals surface area contributed by atoms with Gasteiger partial charge in [0.25, 0.3) is 0 Å². The number of hydrogen-bond donors (Lipinski definition) is 0. The van der Waals surface area contributed by atoms with Crippen LogP contribution in [-0.4, -0.2) is 41.3 Å². The van der Waals surface area contributed by atoms with Gasteiger partial charge >= 0.3 is 17.9 Å². The monoisotopic (exact) mass is 272 g/mol. The summed E-state index contributed by atoms with van der Waals surface area (Å²) < 4.78 is 15.2. The standard InChI is InChI=1S/C11H12O6S/c1-5(12)15-8-4-18-11(16-6(2)13)10-7(8)3-9(14)17-10/h3,8,10-11H,4H2,1-2H3/t8-,10-,11?/m1/s1. The van der Waals surface area contributed by atoms with Gasteiger partial charge in [-0.3, -0.25) is 9.59 Å². The molecule has 0 aromatic rings. The van der Waals surface area contributed by atoms with Crippen LogP contribution < -0.4 is 0 Å². The number of ether oxygens (including phenoxy) is 3. The molecule has 2 aliphatic heterocycles. The third-order valence-corrected chi connectivity index (χ3v) is 3.64. The van der Waals surface area contributed by atoms with Gasteiger partial charge in [-0.2, -0.15) is 0 Å². The average Bonchev–Trinajstić information content (AvgIpc) is 2.63. The third-order valence-electron chi connectivity index (χ3n) is 2.48. The normalized spacial score (nSPS) is 30.0. The Hall–Kier alpha value is -1.50. The predicted molar refractivity (Wildman–Crippen MR) is 61.5 cm³/mol. The number of hydrogen-bond acceptors (Lipinski definition) is 7. The van der Waals surface area contributed by atoms with Crippen LogP contribution in [0.2, 0.25) is 0 Å². The zero-order valence-electron chi connectivity index (χ0n) is 9.87. The van der Waals surface area contributed by atoms with Crippen molar-refractivity contribution in [3.63, 3.8) is 0 Å². The maximum Gasteiger partial charge on any atom is 0.331 e. The van der Waals surface area contributed by atoms with Crippen LogP contribution in [0.3, 0.4) is 0 Å².